The summed E-state index contributed by atoms with van der Waals surface area (Å²) in [6.45, 7) is 5.02. The molecule has 16 heavy (non-hydrogen) atoms. The van der Waals surface area contributed by atoms with Gasteiger partial charge < -0.3 is 4.90 Å². The second-order valence-corrected chi connectivity index (χ2v) is 6.19. The fraction of sp³-hybridized carbons (Fsp3) is 1.00. The van der Waals surface area contributed by atoms with Crippen molar-refractivity contribution in [3.05, 3.63) is 0 Å². The van der Waals surface area contributed by atoms with Crippen LogP contribution < -0.4 is 0 Å². The lowest BCUT2D eigenvalue weighted by molar-refractivity contribution is 0.107. The van der Waals surface area contributed by atoms with Gasteiger partial charge in [-0.2, -0.15) is 0 Å². The summed E-state index contributed by atoms with van der Waals surface area (Å²) < 4.78 is 0. The third-order valence-electron chi connectivity index (χ3n) is 4.62. The molecule has 1 aliphatic carbocycles. The van der Waals surface area contributed by atoms with Crippen LogP contribution in [-0.4, -0.2) is 29.9 Å². The Morgan fingerprint density at radius 2 is 2.00 bits per heavy atom. The molecule has 0 radical (unpaired) electrons. The molecule has 0 spiro atoms. The van der Waals surface area contributed by atoms with Gasteiger partial charge in [0.1, 0.15) is 0 Å². The number of nitrogens with zero attached hydrogens (tertiary/aromatic N) is 1. The molecule has 2 rings (SSSR count). The second-order valence-electron chi connectivity index (χ2n) is 5.81. The van der Waals surface area contributed by atoms with E-state index in [9.17, 15) is 0 Å². The molecule has 3 unspecified atom stereocenters. The third-order valence-corrected chi connectivity index (χ3v) is 4.84. The molecule has 1 saturated heterocycles. The first kappa shape index (κ1) is 12.7. The summed E-state index contributed by atoms with van der Waals surface area (Å²) in [4.78, 5) is 2.78. The fourth-order valence-corrected chi connectivity index (χ4v) is 3.92. The highest BCUT2D eigenvalue weighted by Crippen LogP contribution is 2.36. The first-order chi connectivity index (χ1) is 7.81. The van der Waals surface area contributed by atoms with Gasteiger partial charge in [0.2, 0.25) is 0 Å². The summed E-state index contributed by atoms with van der Waals surface area (Å²) in [5, 5.41) is 0. The van der Waals surface area contributed by atoms with Crippen LogP contribution in [0, 0.1) is 11.8 Å². The fourth-order valence-electron chi connectivity index (χ4n) is 3.55. The van der Waals surface area contributed by atoms with E-state index in [4.69, 9.17) is 11.6 Å². The molecule has 0 amide bonds. The summed E-state index contributed by atoms with van der Waals surface area (Å²) in [5.41, 5.74) is 0. The Morgan fingerprint density at radius 1 is 1.19 bits per heavy atom. The number of hydrogen-bond acceptors (Lipinski definition) is 1. The Labute approximate surface area is 106 Å². The van der Waals surface area contributed by atoms with Crippen molar-refractivity contribution >= 4 is 11.6 Å². The van der Waals surface area contributed by atoms with E-state index in [1.165, 1.54) is 58.0 Å². The molecule has 1 aliphatic heterocycles. The predicted molar refractivity (Wildman–Crippen MR) is 71.1 cm³/mol. The molecule has 1 nitrogen and oxygen atoms in total. The lowest BCUT2D eigenvalue weighted by atomic mass is 9.91. The van der Waals surface area contributed by atoms with Crippen molar-refractivity contribution in [1.29, 1.82) is 0 Å². The molecule has 3 atom stereocenters. The van der Waals surface area contributed by atoms with Crippen molar-refractivity contribution < 1.29 is 0 Å². The van der Waals surface area contributed by atoms with Crippen molar-refractivity contribution in [3.63, 3.8) is 0 Å². The highest BCUT2D eigenvalue weighted by atomic mass is 35.5. The van der Waals surface area contributed by atoms with Crippen molar-refractivity contribution in [2.45, 2.75) is 57.9 Å². The standard InChI is InChI=1S/C14H26ClN/c1-12(7-9-15)8-11-16-10-3-5-13-4-2-6-14(13)16/h12-14H,2-11H2,1H3. The first-order valence-corrected chi connectivity index (χ1v) is 7.64. The summed E-state index contributed by atoms with van der Waals surface area (Å²) in [6.07, 6.45) is 9.90. The molecule has 0 aromatic heterocycles. The highest BCUT2D eigenvalue weighted by molar-refractivity contribution is 6.17. The first-order valence-electron chi connectivity index (χ1n) is 7.11. The van der Waals surface area contributed by atoms with Crippen LogP contribution in [0.15, 0.2) is 0 Å². The quantitative estimate of drug-likeness (QED) is 0.662. The van der Waals surface area contributed by atoms with Crippen LogP contribution >= 0.6 is 11.6 Å². The monoisotopic (exact) mass is 243 g/mol. The molecular formula is C14H26ClN. The van der Waals surface area contributed by atoms with Gasteiger partial charge in [-0.25, -0.2) is 0 Å². The maximum absolute atomic E-state index is 5.79. The van der Waals surface area contributed by atoms with Crippen molar-refractivity contribution in [2.75, 3.05) is 19.0 Å². The number of halogens is 1. The van der Waals surface area contributed by atoms with Gasteiger partial charge in [-0.15, -0.1) is 11.6 Å². The summed E-state index contributed by atoms with van der Waals surface area (Å²) in [7, 11) is 0. The number of fused-ring (bicyclic) bond motifs is 1. The molecule has 0 aromatic rings. The number of likely N-dealkylation sites (tertiary alicyclic amines) is 1. The SMILES string of the molecule is CC(CCCl)CCN1CCCC2CCCC21. The Balaban J connectivity index is 1.75. The maximum Gasteiger partial charge on any atom is 0.0225 e. The largest absolute Gasteiger partial charge is 0.300 e. The molecule has 0 bridgehead atoms. The van der Waals surface area contributed by atoms with E-state index in [0.29, 0.717) is 0 Å². The molecule has 2 aliphatic rings. The summed E-state index contributed by atoms with van der Waals surface area (Å²) in [5.74, 6) is 2.67. The van der Waals surface area contributed by atoms with Crippen LogP contribution in [0.2, 0.25) is 0 Å². The predicted octanol–water partition coefficient (Wildman–Crippen LogP) is 3.91. The smallest absolute Gasteiger partial charge is 0.0225 e. The molecule has 2 fully saturated rings. The minimum absolute atomic E-state index is 0.805. The Hall–Kier alpha value is 0.250. The lowest BCUT2D eigenvalue weighted by Gasteiger charge is -2.38. The maximum atomic E-state index is 5.79. The zero-order chi connectivity index (χ0) is 11.4. The van der Waals surface area contributed by atoms with Gasteiger partial charge in [0.15, 0.2) is 0 Å². The van der Waals surface area contributed by atoms with E-state index in [1.54, 1.807) is 0 Å². The van der Waals surface area contributed by atoms with Crippen LogP contribution in [0.5, 0.6) is 0 Å². The van der Waals surface area contributed by atoms with Crippen LogP contribution in [0.4, 0.5) is 0 Å². The molecular weight excluding hydrogens is 218 g/mol. The summed E-state index contributed by atoms with van der Waals surface area (Å²) in [6, 6.07) is 0.942. The van der Waals surface area contributed by atoms with Crippen LogP contribution in [0.1, 0.15) is 51.9 Å². The number of alkyl halides is 1. The molecule has 1 heterocycles. The van der Waals surface area contributed by atoms with Gasteiger partial charge in [-0.05, 0) is 63.5 Å². The summed E-state index contributed by atoms with van der Waals surface area (Å²) >= 11 is 5.79. The van der Waals surface area contributed by atoms with E-state index < -0.39 is 0 Å². The second kappa shape index (κ2) is 6.26. The normalized spacial score (nSPS) is 32.6. The lowest BCUT2D eigenvalue weighted by Crippen LogP contribution is -2.43. The average Bonchev–Trinajstić information content (AvgIpc) is 2.75. The van der Waals surface area contributed by atoms with E-state index in [-0.39, 0.29) is 0 Å². The van der Waals surface area contributed by atoms with Crippen molar-refractivity contribution in [1.82, 2.24) is 4.90 Å². The highest BCUT2D eigenvalue weighted by Gasteiger charge is 2.34. The zero-order valence-electron chi connectivity index (χ0n) is 10.6. The minimum Gasteiger partial charge on any atom is -0.300 e. The molecule has 1 saturated carbocycles. The van der Waals surface area contributed by atoms with Crippen LogP contribution in [-0.2, 0) is 0 Å². The van der Waals surface area contributed by atoms with Crippen molar-refractivity contribution in [2.24, 2.45) is 11.8 Å². The van der Waals surface area contributed by atoms with Gasteiger partial charge >= 0.3 is 0 Å². The zero-order valence-corrected chi connectivity index (χ0v) is 11.4. The number of piperidine rings is 1. The third kappa shape index (κ3) is 3.13. The van der Waals surface area contributed by atoms with Crippen molar-refractivity contribution in [3.8, 4) is 0 Å². The number of rotatable bonds is 5. The van der Waals surface area contributed by atoms with E-state index in [0.717, 1.165) is 23.8 Å². The van der Waals surface area contributed by atoms with Gasteiger partial charge in [-0.3, -0.25) is 0 Å². The Morgan fingerprint density at radius 3 is 2.81 bits per heavy atom. The molecule has 0 N–H and O–H groups in total. The van der Waals surface area contributed by atoms with E-state index >= 15 is 0 Å². The number of hydrogen-bond donors (Lipinski definition) is 0. The van der Waals surface area contributed by atoms with Gasteiger partial charge in [0, 0.05) is 11.9 Å². The van der Waals surface area contributed by atoms with E-state index in [1.807, 2.05) is 0 Å². The minimum atomic E-state index is 0.805. The average molecular weight is 244 g/mol. The van der Waals surface area contributed by atoms with E-state index in [2.05, 4.69) is 11.8 Å². The van der Waals surface area contributed by atoms with Gasteiger partial charge in [0.05, 0.1) is 0 Å². The molecule has 2 heteroatoms. The topological polar surface area (TPSA) is 3.24 Å². The van der Waals surface area contributed by atoms with Gasteiger partial charge in [-0.1, -0.05) is 13.3 Å². The van der Waals surface area contributed by atoms with Crippen LogP contribution in [0.3, 0.4) is 0 Å². The Bertz CT molecular complexity index is 207. The Kier molecular flexibility index (Phi) is 4.97. The van der Waals surface area contributed by atoms with Crippen LogP contribution in [0.25, 0.3) is 0 Å². The molecule has 0 aromatic carbocycles. The van der Waals surface area contributed by atoms with Gasteiger partial charge in [0.25, 0.3) is 0 Å². The molecule has 94 valence electrons.